The number of aromatic nitrogens is 2. The third-order valence-corrected chi connectivity index (χ3v) is 5.73. The van der Waals surface area contributed by atoms with Gasteiger partial charge in [0.15, 0.2) is 0 Å². The van der Waals surface area contributed by atoms with Crippen molar-refractivity contribution < 1.29 is 14.3 Å². The summed E-state index contributed by atoms with van der Waals surface area (Å²) in [5.41, 5.74) is 0.786. The third kappa shape index (κ3) is 5.16. The molecule has 2 aromatic rings. The number of anilines is 2. The Labute approximate surface area is 181 Å². The van der Waals surface area contributed by atoms with Crippen LogP contribution in [0.3, 0.4) is 0 Å². The summed E-state index contributed by atoms with van der Waals surface area (Å²) in [7, 11) is 1.68. The zero-order valence-electron chi connectivity index (χ0n) is 17.8. The fourth-order valence-corrected chi connectivity index (χ4v) is 4.01. The molecule has 3 heterocycles. The minimum atomic E-state index is -0.288. The topological polar surface area (TPSA) is 88.9 Å². The van der Waals surface area contributed by atoms with E-state index in [-0.39, 0.29) is 24.1 Å². The van der Waals surface area contributed by atoms with E-state index < -0.39 is 0 Å². The van der Waals surface area contributed by atoms with Crippen LogP contribution in [-0.2, 0) is 16.1 Å². The predicted octanol–water partition coefficient (Wildman–Crippen LogP) is 0.874. The minimum Gasteiger partial charge on any atom is -0.495 e. The van der Waals surface area contributed by atoms with Crippen LogP contribution in [0.1, 0.15) is 12.8 Å². The molecule has 2 saturated heterocycles. The molecule has 1 amide bonds. The van der Waals surface area contributed by atoms with Gasteiger partial charge in [-0.3, -0.25) is 9.59 Å². The van der Waals surface area contributed by atoms with Crippen LogP contribution in [0.25, 0.3) is 0 Å². The quantitative estimate of drug-likeness (QED) is 0.702. The highest BCUT2D eigenvalue weighted by atomic mass is 16.5. The summed E-state index contributed by atoms with van der Waals surface area (Å²) in [5, 5.41) is 7.28. The molecule has 1 aromatic carbocycles. The first-order valence-electron chi connectivity index (χ1n) is 10.7. The van der Waals surface area contributed by atoms with Gasteiger partial charge in [-0.2, -0.15) is 5.10 Å². The van der Waals surface area contributed by atoms with Gasteiger partial charge in [0.2, 0.25) is 5.91 Å². The number of carbonyl (C=O) groups is 1. The maximum Gasteiger partial charge on any atom is 0.267 e. The Morgan fingerprint density at radius 1 is 1.16 bits per heavy atom. The molecule has 2 aliphatic rings. The van der Waals surface area contributed by atoms with Gasteiger partial charge >= 0.3 is 0 Å². The lowest BCUT2D eigenvalue weighted by Gasteiger charge is -2.37. The van der Waals surface area contributed by atoms with Gasteiger partial charge in [-0.05, 0) is 31.0 Å². The lowest BCUT2D eigenvalue weighted by Crippen LogP contribution is -2.47. The van der Waals surface area contributed by atoms with Gasteiger partial charge in [0.25, 0.3) is 5.56 Å². The van der Waals surface area contributed by atoms with Gasteiger partial charge in [-0.15, -0.1) is 0 Å². The second kappa shape index (κ2) is 9.82. The van der Waals surface area contributed by atoms with Gasteiger partial charge in [0, 0.05) is 45.4 Å². The molecular weight excluding hydrogens is 398 g/mol. The number of hydrogen-bond acceptors (Lipinski definition) is 7. The molecule has 9 heteroatoms. The Morgan fingerprint density at radius 2 is 1.94 bits per heavy atom. The number of benzene rings is 1. The van der Waals surface area contributed by atoms with Gasteiger partial charge in [0.1, 0.15) is 18.1 Å². The number of rotatable bonds is 7. The lowest BCUT2D eigenvalue weighted by atomic mass is 10.2. The number of nitrogens with zero attached hydrogens (tertiary/aromatic N) is 4. The third-order valence-electron chi connectivity index (χ3n) is 5.73. The molecule has 1 aromatic heterocycles. The molecule has 31 heavy (non-hydrogen) atoms. The molecular formula is C22H29N5O4. The summed E-state index contributed by atoms with van der Waals surface area (Å²) in [6.45, 7) is 4.25. The molecule has 2 aliphatic heterocycles. The van der Waals surface area contributed by atoms with Crippen LogP contribution in [0, 0.1) is 0 Å². The second-order valence-electron chi connectivity index (χ2n) is 7.77. The molecule has 9 nitrogen and oxygen atoms in total. The molecule has 1 N–H and O–H groups in total. The Balaban J connectivity index is 1.36. The van der Waals surface area contributed by atoms with Crippen molar-refractivity contribution in [2.75, 3.05) is 56.2 Å². The summed E-state index contributed by atoms with van der Waals surface area (Å²) < 4.78 is 12.2. The van der Waals surface area contributed by atoms with Crippen molar-refractivity contribution in [3.8, 4) is 5.75 Å². The van der Waals surface area contributed by atoms with Crippen LogP contribution in [0.5, 0.6) is 5.75 Å². The average molecular weight is 428 g/mol. The molecule has 1 unspecified atom stereocenters. The van der Waals surface area contributed by atoms with Crippen LogP contribution in [0.2, 0.25) is 0 Å². The molecule has 0 spiro atoms. The zero-order chi connectivity index (χ0) is 21.6. The molecule has 0 aliphatic carbocycles. The number of amides is 1. The first-order chi connectivity index (χ1) is 15.1. The summed E-state index contributed by atoms with van der Waals surface area (Å²) in [6, 6.07) is 11.2. The first-order valence-corrected chi connectivity index (χ1v) is 10.7. The summed E-state index contributed by atoms with van der Waals surface area (Å²) in [4.78, 5) is 28.9. The second-order valence-corrected chi connectivity index (χ2v) is 7.77. The number of piperazine rings is 1. The number of nitrogens with one attached hydrogen (secondary N) is 1. The highest BCUT2D eigenvalue weighted by Crippen LogP contribution is 2.28. The maximum atomic E-state index is 12.3. The number of hydrogen-bond donors (Lipinski definition) is 1. The number of ether oxygens (including phenoxy) is 2. The van der Waals surface area contributed by atoms with E-state index in [0.29, 0.717) is 12.4 Å². The van der Waals surface area contributed by atoms with Crippen molar-refractivity contribution in [1.82, 2.24) is 15.1 Å². The highest BCUT2D eigenvalue weighted by Gasteiger charge is 2.21. The van der Waals surface area contributed by atoms with E-state index in [1.54, 1.807) is 13.2 Å². The lowest BCUT2D eigenvalue weighted by molar-refractivity contribution is -0.122. The van der Waals surface area contributed by atoms with E-state index in [9.17, 15) is 9.59 Å². The standard InChI is InChI=1S/C22H29N5O4/c1-30-19-7-3-2-6-18(19)25-10-12-26(13-11-25)20-8-9-22(29)27(24-20)16-21(28)23-15-17-5-4-14-31-17/h2-3,6-9,17H,4-5,10-16H2,1H3,(H,23,28). The van der Waals surface area contributed by atoms with Crippen molar-refractivity contribution in [2.45, 2.75) is 25.5 Å². The maximum absolute atomic E-state index is 12.3. The largest absolute Gasteiger partial charge is 0.495 e. The smallest absolute Gasteiger partial charge is 0.267 e. The van der Waals surface area contributed by atoms with Crippen LogP contribution in [-0.4, -0.2) is 68.2 Å². The highest BCUT2D eigenvalue weighted by molar-refractivity contribution is 5.75. The summed E-state index contributed by atoms with van der Waals surface area (Å²) >= 11 is 0. The fourth-order valence-electron chi connectivity index (χ4n) is 4.01. The fraction of sp³-hybridized carbons (Fsp3) is 0.500. The molecule has 0 radical (unpaired) electrons. The van der Waals surface area contributed by atoms with Gasteiger partial charge in [0.05, 0.1) is 18.9 Å². The number of methoxy groups -OCH3 is 1. The van der Waals surface area contributed by atoms with Gasteiger partial charge < -0.3 is 24.6 Å². The number of carbonyl (C=O) groups excluding carboxylic acids is 1. The first kappa shape index (κ1) is 21.2. The van der Waals surface area contributed by atoms with Crippen LogP contribution in [0.4, 0.5) is 11.5 Å². The van der Waals surface area contributed by atoms with Crippen molar-refractivity contribution in [3.05, 3.63) is 46.8 Å². The van der Waals surface area contributed by atoms with E-state index in [0.717, 1.165) is 57.1 Å². The van der Waals surface area contributed by atoms with Crippen LogP contribution in [0.15, 0.2) is 41.2 Å². The predicted molar refractivity (Wildman–Crippen MR) is 118 cm³/mol. The van der Waals surface area contributed by atoms with Crippen molar-refractivity contribution in [1.29, 1.82) is 0 Å². The molecule has 166 valence electrons. The SMILES string of the molecule is COc1ccccc1N1CCN(c2ccc(=O)n(CC(=O)NCC3CCCO3)n2)CC1. The van der Waals surface area contributed by atoms with E-state index in [4.69, 9.17) is 9.47 Å². The Kier molecular flexibility index (Phi) is 6.71. The molecule has 0 bridgehead atoms. The molecule has 4 rings (SSSR count). The van der Waals surface area contributed by atoms with Crippen molar-refractivity contribution in [2.24, 2.45) is 0 Å². The van der Waals surface area contributed by atoms with E-state index >= 15 is 0 Å². The van der Waals surface area contributed by atoms with Gasteiger partial charge in [-0.25, -0.2) is 4.68 Å². The molecule has 0 saturated carbocycles. The van der Waals surface area contributed by atoms with Crippen molar-refractivity contribution >= 4 is 17.4 Å². The van der Waals surface area contributed by atoms with Crippen LogP contribution < -0.4 is 25.4 Å². The van der Waals surface area contributed by atoms with E-state index in [1.165, 1.54) is 10.7 Å². The Hall–Kier alpha value is -3.07. The normalized spacial score (nSPS) is 18.8. The summed E-state index contributed by atoms with van der Waals surface area (Å²) in [5.74, 6) is 1.33. The minimum absolute atomic E-state index is 0.0690. The van der Waals surface area contributed by atoms with Crippen LogP contribution >= 0.6 is 0 Å². The van der Waals surface area contributed by atoms with Crippen molar-refractivity contribution in [3.63, 3.8) is 0 Å². The monoisotopic (exact) mass is 427 g/mol. The Morgan fingerprint density at radius 3 is 2.68 bits per heavy atom. The van der Waals surface area contributed by atoms with Gasteiger partial charge in [-0.1, -0.05) is 12.1 Å². The molecule has 1 atom stereocenters. The number of para-hydroxylation sites is 2. The molecule has 2 fully saturated rings. The zero-order valence-corrected chi connectivity index (χ0v) is 17.8. The average Bonchev–Trinajstić information content (AvgIpc) is 3.33. The summed E-state index contributed by atoms with van der Waals surface area (Å²) in [6.07, 6.45) is 2.04. The Bertz CT molecular complexity index is 949. The van der Waals surface area contributed by atoms with E-state index in [1.807, 2.05) is 18.2 Å². The van der Waals surface area contributed by atoms with E-state index in [2.05, 4.69) is 26.3 Å².